The van der Waals surface area contributed by atoms with Crippen LogP contribution in [0.25, 0.3) is 11.4 Å². The van der Waals surface area contributed by atoms with Crippen molar-refractivity contribution in [1.29, 1.82) is 0 Å². The molecule has 1 amide bonds. The summed E-state index contributed by atoms with van der Waals surface area (Å²) in [7, 11) is -3.65. The Bertz CT molecular complexity index is 1030. The van der Waals surface area contributed by atoms with E-state index in [0.29, 0.717) is 37.1 Å². The van der Waals surface area contributed by atoms with Gasteiger partial charge in [0.15, 0.2) is 5.82 Å². The topological polar surface area (TPSA) is 126 Å². The number of amides is 1. The standard InChI is InChI=1S/C19H26N4O5S/c1-12(2)13-10-14(16(25)11-15(13)24)18-20-21-19(29(3,27)28)23(18)9-5-8-22-7-4-6-17(22)26/h10-12,24-25H,4-9H2,1-3H3. The molecule has 0 atom stereocenters. The van der Waals surface area contributed by atoms with Crippen molar-refractivity contribution in [3.05, 3.63) is 17.7 Å². The Kier molecular flexibility index (Phi) is 5.83. The molecule has 9 nitrogen and oxygen atoms in total. The van der Waals surface area contributed by atoms with Crippen molar-refractivity contribution in [2.75, 3.05) is 19.3 Å². The fraction of sp³-hybridized carbons (Fsp3) is 0.526. The van der Waals surface area contributed by atoms with Crippen molar-refractivity contribution < 1.29 is 23.4 Å². The monoisotopic (exact) mass is 422 g/mol. The fourth-order valence-corrected chi connectivity index (χ4v) is 4.33. The van der Waals surface area contributed by atoms with Gasteiger partial charge in [-0.05, 0) is 30.4 Å². The van der Waals surface area contributed by atoms with Gasteiger partial charge in [0, 0.05) is 38.4 Å². The first-order chi connectivity index (χ1) is 13.6. The second kappa shape index (κ2) is 8.02. The normalized spacial score (nSPS) is 14.9. The lowest BCUT2D eigenvalue weighted by Crippen LogP contribution is -2.26. The molecular formula is C19H26N4O5S. The van der Waals surface area contributed by atoms with Gasteiger partial charge in [0.2, 0.25) is 20.9 Å². The van der Waals surface area contributed by atoms with Crippen molar-refractivity contribution in [3.63, 3.8) is 0 Å². The molecule has 158 valence electrons. The minimum absolute atomic E-state index is 0.0127. The number of hydrogen-bond acceptors (Lipinski definition) is 7. The van der Waals surface area contributed by atoms with Gasteiger partial charge >= 0.3 is 0 Å². The summed E-state index contributed by atoms with van der Waals surface area (Å²) in [6, 6.07) is 2.83. The lowest BCUT2D eigenvalue weighted by Gasteiger charge is -2.17. The van der Waals surface area contributed by atoms with Crippen LogP contribution in [0.15, 0.2) is 17.3 Å². The highest BCUT2D eigenvalue weighted by atomic mass is 32.2. The minimum Gasteiger partial charge on any atom is -0.508 e. The molecule has 29 heavy (non-hydrogen) atoms. The molecule has 0 saturated carbocycles. The number of carbonyl (C=O) groups excluding carboxylic acids is 1. The molecule has 1 saturated heterocycles. The molecule has 0 bridgehead atoms. The van der Waals surface area contributed by atoms with Crippen LogP contribution in [0, 0.1) is 0 Å². The van der Waals surface area contributed by atoms with Gasteiger partial charge in [0.05, 0.1) is 5.56 Å². The van der Waals surface area contributed by atoms with Crippen LogP contribution in [0.4, 0.5) is 0 Å². The van der Waals surface area contributed by atoms with Crippen molar-refractivity contribution in [2.45, 2.75) is 50.7 Å². The summed E-state index contributed by atoms with van der Waals surface area (Å²) in [5.41, 5.74) is 0.905. The number of aromatic nitrogens is 3. The molecule has 1 aromatic heterocycles. The van der Waals surface area contributed by atoms with Crippen molar-refractivity contribution in [1.82, 2.24) is 19.7 Å². The molecule has 1 fully saturated rings. The number of phenolic OH excluding ortho intramolecular Hbond substituents is 2. The number of aromatic hydroxyl groups is 2. The summed E-state index contributed by atoms with van der Waals surface area (Å²) < 4.78 is 25.8. The molecule has 0 unspecified atom stereocenters. The van der Waals surface area contributed by atoms with Crippen LogP contribution in [-0.2, 0) is 21.2 Å². The number of rotatable bonds is 7. The maximum Gasteiger partial charge on any atom is 0.249 e. The summed E-state index contributed by atoms with van der Waals surface area (Å²) in [5.74, 6) is 0.0486. The van der Waals surface area contributed by atoms with Crippen LogP contribution in [0.1, 0.15) is 44.6 Å². The Hall–Kier alpha value is -2.62. The molecule has 1 aromatic carbocycles. The lowest BCUT2D eigenvalue weighted by molar-refractivity contribution is -0.127. The van der Waals surface area contributed by atoms with E-state index in [-0.39, 0.29) is 40.8 Å². The Labute approximate surface area is 169 Å². The second-order valence-electron chi connectivity index (χ2n) is 7.65. The van der Waals surface area contributed by atoms with Gasteiger partial charge < -0.3 is 15.1 Å². The number of benzene rings is 1. The molecule has 2 aromatic rings. The van der Waals surface area contributed by atoms with Crippen LogP contribution < -0.4 is 0 Å². The van der Waals surface area contributed by atoms with Gasteiger partial charge in [-0.15, -0.1) is 10.2 Å². The highest BCUT2D eigenvalue weighted by Crippen LogP contribution is 2.37. The van der Waals surface area contributed by atoms with Gasteiger partial charge in [-0.25, -0.2) is 8.42 Å². The summed E-state index contributed by atoms with van der Waals surface area (Å²) >= 11 is 0. The van der Waals surface area contributed by atoms with E-state index in [1.165, 1.54) is 10.6 Å². The average molecular weight is 423 g/mol. The minimum atomic E-state index is -3.65. The highest BCUT2D eigenvalue weighted by Gasteiger charge is 2.25. The Balaban J connectivity index is 1.98. The quantitative estimate of drug-likeness (QED) is 0.698. The molecule has 0 spiro atoms. The Morgan fingerprint density at radius 3 is 2.45 bits per heavy atom. The van der Waals surface area contributed by atoms with Crippen LogP contribution >= 0.6 is 0 Å². The van der Waals surface area contributed by atoms with Crippen LogP contribution in [0.5, 0.6) is 11.5 Å². The summed E-state index contributed by atoms with van der Waals surface area (Å²) in [6.45, 7) is 5.29. The number of carbonyl (C=O) groups is 1. The van der Waals surface area contributed by atoms with Gasteiger partial charge in [-0.3, -0.25) is 9.36 Å². The number of phenols is 2. The lowest BCUT2D eigenvalue weighted by atomic mass is 9.98. The SMILES string of the molecule is CC(C)c1cc(-c2nnc(S(C)(=O)=O)n2CCCN2CCCC2=O)c(O)cc1O. The fourth-order valence-electron chi connectivity index (χ4n) is 3.56. The molecule has 1 aliphatic heterocycles. The van der Waals surface area contributed by atoms with Crippen molar-refractivity contribution >= 4 is 15.7 Å². The molecule has 0 aliphatic carbocycles. The van der Waals surface area contributed by atoms with E-state index in [0.717, 1.165) is 12.7 Å². The maximum absolute atomic E-state index is 12.2. The molecule has 1 aliphatic rings. The predicted octanol–water partition coefficient (Wildman–Crippen LogP) is 1.90. The molecule has 2 N–H and O–H groups in total. The molecule has 0 radical (unpaired) electrons. The summed E-state index contributed by atoms with van der Waals surface area (Å²) in [5, 5.41) is 28.1. The summed E-state index contributed by atoms with van der Waals surface area (Å²) in [4.78, 5) is 13.6. The van der Waals surface area contributed by atoms with E-state index in [4.69, 9.17) is 0 Å². The smallest absolute Gasteiger partial charge is 0.249 e. The maximum atomic E-state index is 12.2. The first-order valence-corrected chi connectivity index (χ1v) is 11.5. The van der Waals surface area contributed by atoms with E-state index in [1.807, 2.05) is 13.8 Å². The molecule has 10 heteroatoms. The first kappa shape index (κ1) is 21.1. The van der Waals surface area contributed by atoms with E-state index in [2.05, 4.69) is 10.2 Å². The number of nitrogens with zero attached hydrogens (tertiary/aromatic N) is 4. The zero-order valence-corrected chi connectivity index (χ0v) is 17.6. The largest absolute Gasteiger partial charge is 0.508 e. The first-order valence-electron chi connectivity index (χ1n) is 9.57. The Morgan fingerprint density at radius 1 is 1.14 bits per heavy atom. The summed E-state index contributed by atoms with van der Waals surface area (Å²) in [6.07, 6.45) is 2.96. The van der Waals surface area contributed by atoms with E-state index >= 15 is 0 Å². The third-order valence-electron chi connectivity index (χ3n) is 5.04. The van der Waals surface area contributed by atoms with Crippen molar-refractivity contribution in [2.24, 2.45) is 0 Å². The van der Waals surface area contributed by atoms with Gasteiger partial charge in [-0.1, -0.05) is 13.8 Å². The van der Waals surface area contributed by atoms with Crippen LogP contribution in [0.2, 0.25) is 0 Å². The highest BCUT2D eigenvalue weighted by molar-refractivity contribution is 7.90. The molecule has 2 heterocycles. The third kappa shape index (κ3) is 4.36. The van der Waals surface area contributed by atoms with Gasteiger partial charge in [-0.2, -0.15) is 0 Å². The van der Waals surface area contributed by atoms with Crippen LogP contribution in [-0.4, -0.2) is 63.5 Å². The number of hydrogen-bond donors (Lipinski definition) is 2. The van der Waals surface area contributed by atoms with E-state index in [9.17, 15) is 23.4 Å². The molecular weight excluding hydrogens is 396 g/mol. The van der Waals surface area contributed by atoms with E-state index in [1.54, 1.807) is 11.0 Å². The predicted molar refractivity (Wildman–Crippen MR) is 106 cm³/mol. The number of likely N-dealkylation sites (tertiary alicyclic amines) is 1. The van der Waals surface area contributed by atoms with Crippen LogP contribution in [0.3, 0.4) is 0 Å². The van der Waals surface area contributed by atoms with Gasteiger partial charge in [0.1, 0.15) is 11.5 Å². The molecule has 3 rings (SSSR count). The second-order valence-corrected chi connectivity index (χ2v) is 9.56. The number of sulfone groups is 1. The zero-order valence-electron chi connectivity index (χ0n) is 16.8. The van der Waals surface area contributed by atoms with Gasteiger partial charge in [0.25, 0.3) is 0 Å². The zero-order chi connectivity index (χ0) is 21.3. The van der Waals surface area contributed by atoms with Crippen molar-refractivity contribution in [3.8, 4) is 22.9 Å². The third-order valence-corrected chi connectivity index (χ3v) is 6.00. The average Bonchev–Trinajstić information content (AvgIpc) is 3.21. The Morgan fingerprint density at radius 2 is 1.86 bits per heavy atom. The van der Waals surface area contributed by atoms with E-state index < -0.39 is 9.84 Å².